The van der Waals surface area contributed by atoms with Crippen molar-refractivity contribution in [2.75, 3.05) is 0 Å². The average molecular weight is 250 g/mol. The van der Waals surface area contributed by atoms with Crippen LogP contribution in [0.1, 0.15) is 10.4 Å². The van der Waals surface area contributed by atoms with E-state index in [1.165, 1.54) is 0 Å². The van der Waals surface area contributed by atoms with Crippen molar-refractivity contribution in [3.05, 3.63) is 46.4 Å². The van der Waals surface area contributed by atoms with E-state index in [0.717, 1.165) is 9.86 Å². The molecule has 2 nitrogen and oxygen atoms in total. The molecule has 0 heterocycles. The molecule has 2 rings (SSSR count). The molecule has 2 aromatic rings. The first-order valence-corrected chi connectivity index (χ1v) is 4.88. The van der Waals surface area contributed by atoms with Crippen molar-refractivity contribution in [2.24, 2.45) is 0 Å². The van der Waals surface area contributed by atoms with Crippen LogP contribution in [0.3, 0.4) is 0 Å². The lowest BCUT2D eigenvalue weighted by atomic mass is 10.1. The van der Waals surface area contributed by atoms with E-state index in [0.29, 0.717) is 5.39 Å². The molecule has 0 N–H and O–H groups in total. The van der Waals surface area contributed by atoms with Crippen molar-refractivity contribution < 1.29 is 9.90 Å². The van der Waals surface area contributed by atoms with Crippen LogP contribution in [0.25, 0.3) is 10.8 Å². The average Bonchev–Trinajstić information content (AvgIpc) is 2.17. The molecule has 70 valence electrons. The maximum atomic E-state index is 10.8. The third kappa shape index (κ3) is 1.40. The summed E-state index contributed by atoms with van der Waals surface area (Å²) in [5.74, 6) is -1.14. The highest BCUT2D eigenvalue weighted by Gasteiger charge is 2.02. The number of hydrogen-bond acceptors (Lipinski definition) is 2. The molecule has 0 unspecified atom stereocenters. The standard InChI is InChI=1S/C11H7BrO2/c12-10-6-2-3-7-8(10)4-1-5-9(7)11(13)14/h1-6H,(H,13,14)/p-1. The van der Waals surface area contributed by atoms with Crippen molar-refractivity contribution in [3.8, 4) is 0 Å². The van der Waals surface area contributed by atoms with Crippen LogP contribution in [0.2, 0.25) is 0 Å². The first-order valence-electron chi connectivity index (χ1n) is 4.09. The van der Waals surface area contributed by atoms with Gasteiger partial charge in [-0.3, -0.25) is 0 Å². The topological polar surface area (TPSA) is 40.1 Å². The van der Waals surface area contributed by atoms with Gasteiger partial charge in [-0.05, 0) is 16.8 Å². The molecule has 0 amide bonds. The number of carbonyl (C=O) groups is 1. The number of carbonyl (C=O) groups excluding carboxylic acids is 1. The van der Waals surface area contributed by atoms with Crippen molar-refractivity contribution in [1.82, 2.24) is 0 Å². The minimum absolute atomic E-state index is 0.226. The van der Waals surface area contributed by atoms with Crippen molar-refractivity contribution in [1.29, 1.82) is 0 Å². The molecule has 0 bridgehead atoms. The van der Waals surface area contributed by atoms with Crippen LogP contribution in [-0.4, -0.2) is 5.97 Å². The molecule has 0 radical (unpaired) electrons. The van der Waals surface area contributed by atoms with Crippen LogP contribution in [0.4, 0.5) is 0 Å². The number of hydrogen-bond donors (Lipinski definition) is 0. The number of aromatic carboxylic acids is 1. The Kier molecular flexibility index (Phi) is 2.25. The Morgan fingerprint density at radius 3 is 2.43 bits per heavy atom. The lowest BCUT2D eigenvalue weighted by Crippen LogP contribution is -2.22. The zero-order chi connectivity index (χ0) is 10.1. The molecule has 0 aromatic heterocycles. The van der Waals surface area contributed by atoms with E-state index in [1.54, 1.807) is 24.3 Å². The second kappa shape index (κ2) is 3.42. The Balaban J connectivity index is 2.88. The predicted octanol–water partition coefficient (Wildman–Crippen LogP) is 1.97. The Labute approximate surface area is 89.3 Å². The van der Waals surface area contributed by atoms with E-state index in [4.69, 9.17) is 0 Å². The molecule has 0 aliphatic heterocycles. The fourth-order valence-corrected chi connectivity index (χ4v) is 1.95. The number of rotatable bonds is 1. The highest BCUT2D eigenvalue weighted by molar-refractivity contribution is 9.10. The van der Waals surface area contributed by atoms with Crippen LogP contribution in [0, 0.1) is 0 Å². The molecule has 0 aliphatic rings. The van der Waals surface area contributed by atoms with Crippen LogP contribution in [-0.2, 0) is 0 Å². The molecule has 3 heteroatoms. The second-order valence-corrected chi connectivity index (χ2v) is 3.78. The SMILES string of the molecule is O=C([O-])c1cccc2c(Br)cccc12. The number of halogens is 1. The van der Waals surface area contributed by atoms with Gasteiger partial charge >= 0.3 is 0 Å². The summed E-state index contributed by atoms with van der Waals surface area (Å²) in [4.78, 5) is 10.8. The Morgan fingerprint density at radius 2 is 1.71 bits per heavy atom. The smallest absolute Gasteiger partial charge is 0.0721 e. The Hall–Kier alpha value is -1.35. The molecule has 14 heavy (non-hydrogen) atoms. The van der Waals surface area contributed by atoms with Gasteiger partial charge in [-0.1, -0.05) is 46.3 Å². The molecule has 0 saturated heterocycles. The van der Waals surface area contributed by atoms with Gasteiger partial charge in [0.25, 0.3) is 0 Å². The summed E-state index contributed by atoms with van der Waals surface area (Å²) in [5, 5.41) is 12.4. The Bertz CT molecular complexity index is 506. The monoisotopic (exact) mass is 249 g/mol. The lowest BCUT2D eigenvalue weighted by molar-refractivity contribution is -0.254. The predicted molar refractivity (Wildman–Crippen MR) is 56.0 cm³/mol. The van der Waals surface area contributed by atoms with Gasteiger partial charge in [0.1, 0.15) is 0 Å². The summed E-state index contributed by atoms with van der Waals surface area (Å²) in [6.07, 6.45) is 0. The molecule has 0 aliphatic carbocycles. The van der Waals surface area contributed by atoms with Gasteiger partial charge in [-0.25, -0.2) is 0 Å². The maximum absolute atomic E-state index is 10.8. The van der Waals surface area contributed by atoms with E-state index in [9.17, 15) is 9.90 Å². The quantitative estimate of drug-likeness (QED) is 0.776. The third-order valence-corrected chi connectivity index (χ3v) is 2.78. The summed E-state index contributed by atoms with van der Waals surface area (Å²) in [7, 11) is 0. The molecule has 0 saturated carbocycles. The van der Waals surface area contributed by atoms with E-state index >= 15 is 0 Å². The minimum Gasteiger partial charge on any atom is -0.545 e. The lowest BCUT2D eigenvalue weighted by Gasteiger charge is -2.07. The number of carboxylic acid groups (broad SMARTS) is 1. The van der Waals surface area contributed by atoms with Gasteiger partial charge in [0, 0.05) is 10.0 Å². The number of benzene rings is 2. The molecule has 2 aromatic carbocycles. The summed E-state index contributed by atoms with van der Waals surface area (Å²) < 4.78 is 0.887. The largest absolute Gasteiger partial charge is 0.545 e. The highest BCUT2D eigenvalue weighted by atomic mass is 79.9. The van der Waals surface area contributed by atoms with Gasteiger partial charge in [0.05, 0.1) is 5.97 Å². The van der Waals surface area contributed by atoms with E-state index in [1.807, 2.05) is 12.1 Å². The van der Waals surface area contributed by atoms with Crippen molar-refractivity contribution in [2.45, 2.75) is 0 Å². The summed E-state index contributed by atoms with van der Waals surface area (Å²) in [6, 6.07) is 10.6. The summed E-state index contributed by atoms with van der Waals surface area (Å²) in [6.45, 7) is 0. The molecule has 0 atom stereocenters. The van der Waals surface area contributed by atoms with E-state index in [-0.39, 0.29) is 5.56 Å². The maximum Gasteiger partial charge on any atom is 0.0721 e. The van der Waals surface area contributed by atoms with Gasteiger partial charge in [-0.2, -0.15) is 0 Å². The first kappa shape index (κ1) is 9.21. The van der Waals surface area contributed by atoms with Gasteiger partial charge in [-0.15, -0.1) is 0 Å². The number of carboxylic acids is 1. The Morgan fingerprint density at radius 1 is 1.07 bits per heavy atom. The minimum atomic E-state index is -1.14. The molecular formula is C11H6BrO2-. The van der Waals surface area contributed by atoms with Crippen LogP contribution < -0.4 is 5.11 Å². The van der Waals surface area contributed by atoms with Crippen LogP contribution in [0.5, 0.6) is 0 Å². The van der Waals surface area contributed by atoms with E-state index < -0.39 is 5.97 Å². The molecule has 0 fully saturated rings. The normalized spacial score (nSPS) is 10.4. The second-order valence-electron chi connectivity index (χ2n) is 2.93. The summed E-state index contributed by atoms with van der Waals surface area (Å²) >= 11 is 3.37. The summed E-state index contributed by atoms with van der Waals surface area (Å²) in [5.41, 5.74) is 0.226. The fraction of sp³-hybridized carbons (Fsp3) is 0. The first-order chi connectivity index (χ1) is 6.70. The molecule has 0 spiro atoms. The van der Waals surface area contributed by atoms with Gasteiger partial charge in [0.2, 0.25) is 0 Å². The van der Waals surface area contributed by atoms with Crippen LogP contribution >= 0.6 is 15.9 Å². The van der Waals surface area contributed by atoms with Crippen molar-refractivity contribution in [3.63, 3.8) is 0 Å². The van der Waals surface area contributed by atoms with Crippen LogP contribution in [0.15, 0.2) is 40.9 Å². The zero-order valence-electron chi connectivity index (χ0n) is 7.16. The van der Waals surface area contributed by atoms with Crippen molar-refractivity contribution >= 4 is 32.7 Å². The zero-order valence-corrected chi connectivity index (χ0v) is 8.74. The molecular weight excluding hydrogens is 244 g/mol. The van der Waals surface area contributed by atoms with Gasteiger partial charge < -0.3 is 9.90 Å². The number of fused-ring (bicyclic) bond motifs is 1. The highest BCUT2D eigenvalue weighted by Crippen LogP contribution is 2.25. The van der Waals surface area contributed by atoms with E-state index in [2.05, 4.69) is 15.9 Å². The third-order valence-electron chi connectivity index (χ3n) is 2.09. The van der Waals surface area contributed by atoms with Gasteiger partial charge in [0.15, 0.2) is 0 Å². The fourth-order valence-electron chi connectivity index (χ4n) is 1.45.